The van der Waals surface area contributed by atoms with Crippen LogP contribution in [0.2, 0.25) is 0 Å². The summed E-state index contributed by atoms with van der Waals surface area (Å²) in [7, 11) is 0. The minimum Gasteiger partial charge on any atom is -0.392 e. The maximum atomic E-state index is 10.5. The number of hydrogen-bond acceptors (Lipinski definition) is 3. The zero-order chi connectivity index (χ0) is 7.02. The fourth-order valence-electron chi connectivity index (χ4n) is 0.572. The highest BCUT2D eigenvalue weighted by atomic mass is 127. The summed E-state index contributed by atoms with van der Waals surface area (Å²) in [6.07, 6.45) is 0. The summed E-state index contributed by atoms with van der Waals surface area (Å²) < 4.78 is 4.02. The Morgan fingerprint density at radius 2 is 2.00 bits per heavy atom. The first-order chi connectivity index (χ1) is 4.13. The van der Waals surface area contributed by atoms with Gasteiger partial charge in [0.05, 0.1) is 5.92 Å². The number of rotatable bonds is 0. The van der Waals surface area contributed by atoms with Gasteiger partial charge in [-0.1, -0.05) is 29.5 Å². The molecule has 3 nitrogen and oxygen atoms in total. The standard InChI is InChI=1S/C5H5IO3/c1-2-3(6)5(8)9-4(2)7/h2-3H,1H3. The molecule has 9 heavy (non-hydrogen) atoms. The fourth-order valence-corrected chi connectivity index (χ4v) is 0.993. The van der Waals surface area contributed by atoms with Crippen molar-refractivity contribution in [1.29, 1.82) is 0 Å². The van der Waals surface area contributed by atoms with E-state index in [4.69, 9.17) is 0 Å². The molecule has 1 saturated heterocycles. The van der Waals surface area contributed by atoms with E-state index in [2.05, 4.69) is 4.74 Å². The second kappa shape index (κ2) is 2.24. The Bertz CT molecular complexity index is 148. The monoisotopic (exact) mass is 240 g/mol. The third-order valence-electron chi connectivity index (χ3n) is 1.24. The van der Waals surface area contributed by atoms with E-state index < -0.39 is 11.9 Å². The molecule has 0 aromatic carbocycles. The number of halogens is 1. The van der Waals surface area contributed by atoms with Gasteiger partial charge in [0, 0.05) is 0 Å². The number of hydrogen-bond donors (Lipinski definition) is 0. The SMILES string of the molecule is CC1C(=O)OC(=O)C1I. The lowest BCUT2D eigenvalue weighted by Gasteiger charge is -1.94. The highest BCUT2D eigenvalue weighted by Gasteiger charge is 2.38. The van der Waals surface area contributed by atoms with Crippen LogP contribution in [0.3, 0.4) is 0 Å². The molecule has 0 saturated carbocycles. The van der Waals surface area contributed by atoms with Gasteiger partial charge in [-0.25, -0.2) is 0 Å². The van der Waals surface area contributed by atoms with Crippen molar-refractivity contribution in [2.24, 2.45) is 5.92 Å². The van der Waals surface area contributed by atoms with Gasteiger partial charge in [-0.15, -0.1) is 0 Å². The minimum absolute atomic E-state index is 0.266. The zero-order valence-corrected chi connectivity index (χ0v) is 6.91. The molecule has 0 spiro atoms. The van der Waals surface area contributed by atoms with Crippen LogP contribution in [0.15, 0.2) is 0 Å². The van der Waals surface area contributed by atoms with Crippen molar-refractivity contribution in [2.45, 2.75) is 10.8 Å². The molecule has 1 aliphatic heterocycles. The van der Waals surface area contributed by atoms with Crippen LogP contribution in [0.25, 0.3) is 0 Å². The van der Waals surface area contributed by atoms with Crippen molar-refractivity contribution in [2.75, 3.05) is 0 Å². The minimum atomic E-state index is -0.409. The van der Waals surface area contributed by atoms with Crippen molar-refractivity contribution in [3.63, 3.8) is 0 Å². The van der Waals surface area contributed by atoms with Crippen molar-refractivity contribution < 1.29 is 14.3 Å². The smallest absolute Gasteiger partial charge is 0.327 e. The van der Waals surface area contributed by atoms with Gasteiger partial charge in [0.2, 0.25) is 0 Å². The van der Waals surface area contributed by atoms with E-state index in [9.17, 15) is 9.59 Å². The quantitative estimate of drug-likeness (QED) is 0.268. The highest BCUT2D eigenvalue weighted by Crippen LogP contribution is 2.22. The van der Waals surface area contributed by atoms with Gasteiger partial charge in [-0.2, -0.15) is 0 Å². The van der Waals surface area contributed by atoms with Crippen molar-refractivity contribution in [3.8, 4) is 0 Å². The molecule has 0 aromatic rings. The van der Waals surface area contributed by atoms with E-state index in [-0.39, 0.29) is 9.84 Å². The number of cyclic esters (lactones) is 2. The van der Waals surface area contributed by atoms with Crippen LogP contribution in [-0.2, 0) is 14.3 Å². The van der Waals surface area contributed by atoms with Crippen LogP contribution in [0.5, 0.6) is 0 Å². The summed E-state index contributed by atoms with van der Waals surface area (Å²) in [5.74, 6) is -1.08. The third-order valence-corrected chi connectivity index (χ3v) is 2.82. The Labute approximate surface area is 65.9 Å². The number of alkyl halides is 1. The van der Waals surface area contributed by atoms with Crippen molar-refractivity contribution in [3.05, 3.63) is 0 Å². The molecule has 1 heterocycles. The lowest BCUT2D eigenvalue weighted by molar-refractivity contribution is -0.152. The first kappa shape index (κ1) is 6.98. The van der Waals surface area contributed by atoms with Crippen LogP contribution in [0.4, 0.5) is 0 Å². The predicted octanol–water partition coefficient (Wildman–Crippen LogP) is 0.509. The maximum Gasteiger partial charge on any atom is 0.327 e. The van der Waals surface area contributed by atoms with Gasteiger partial charge in [-0.05, 0) is 0 Å². The molecule has 2 unspecified atom stereocenters. The van der Waals surface area contributed by atoms with Crippen molar-refractivity contribution >= 4 is 34.5 Å². The highest BCUT2D eigenvalue weighted by molar-refractivity contribution is 14.1. The molecule has 0 amide bonds. The summed E-state index contributed by atoms with van der Waals surface area (Å²) in [5.41, 5.74) is 0. The Kier molecular flexibility index (Phi) is 1.74. The fraction of sp³-hybridized carbons (Fsp3) is 0.600. The van der Waals surface area contributed by atoms with E-state index in [0.29, 0.717) is 0 Å². The number of ether oxygens (including phenoxy) is 1. The molecule has 4 heteroatoms. The normalized spacial score (nSPS) is 34.9. The van der Waals surface area contributed by atoms with E-state index in [1.165, 1.54) is 0 Å². The topological polar surface area (TPSA) is 43.4 Å². The molecule has 50 valence electrons. The summed E-state index contributed by atoms with van der Waals surface area (Å²) in [4.78, 5) is 21.1. The predicted molar refractivity (Wildman–Crippen MR) is 38.1 cm³/mol. The Morgan fingerprint density at radius 1 is 1.44 bits per heavy atom. The molecule has 1 rings (SSSR count). The lowest BCUT2D eigenvalue weighted by atomic mass is 10.1. The summed E-state index contributed by atoms with van der Waals surface area (Å²) >= 11 is 1.90. The summed E-state index contributed by atoms with van der Waals surface area (Å²) in [6.45, 7) is 1.68. The molecule has 0 bridgehead atoms. The van der Waals surface area contributed by atoms with Crippen LogP contribution in [0.1, 0.15) is 6.92 Å². The molecular formula is C5H5IO3. The Balaban J connectivity index is 2.77. The van der Waals surface area contributed by atoms with E-state index in [1.54, 1.807) is 6.92 Å². The molecule has 0 N–H and O–H groups in total. The maximum absolute atomic E-state index is 10.5. The Morgan fingerprint density at radius 3 is 2.11 bits per heavy atom. The van der Waals surface area contributed by atoms with Crippen LogP contribution in [-0.4, -0.2) is 15.9 Å². The number of carbonyl (C=O) groups is 2. The van der Waals surface area contributed by atoms with E-state index >= 15 is 0 Å². The largest absolute Gasteiger partial charge is 0.392 e. The molecule has 0 radical (unpaired) electrons. The third kappa shape index (κ3) is 1.08. The van der Waals surface area contributed by atoms with Crippen LogP contribution < -0.4 is 0 Å². The van der Waals surface area contributed by atoms with Crippen LogP contribution in [0, 0.1) is 5.92 Å². The first-order valence-corrected chi connectivity index (χ1v) is 3.77. The second-order valence-corrected chi connectivity index (χ2v) is 3.27. The molecule has 0 aromatic heterocycles. The molecule has 1 fully saturated rings. The second-order valence-electron chi connectivity index (χ2n) is 1.93. The van der Waals surface area contributed by atoms with Gasteiger partial charge >= 0.3 is 11.9 Å². The first-order valence-electron chi connectivity index (χ1n) is 2.52. The van der Waals surface area contributed by atoms with Gasteiger partial charge in [0.1, 0.15) is 3.92 Å². The van der Waals surface area contributed by atoms with Gasteiger partial charge in [0.25, 0.3) is 0 Å². The van der Waals surface area contributed by atoms with Gasteiger partial charge in [0.15, 0.2) is 0 Å². The molecular weight excluding hydrogens is 235 g/mol. The van der Waals surface area contributed by atoms with E-state index in [0.717, 1.165) is 0 Å². The summed E-state index contributed by atoms with van der Waals surface area (Å²) in [6, 6.07) is 0. The van der Waals surface area contributed by atoms with Crippen molar-refractivity contribution in [1.82, 2.24) is 0 Å². The zero-order valence-electron chi connectivity index (χ0n) is 4.76. The van der Waals surface area contributed by atoms with Gasteiger partial charge in [-0.3, -0.25) is 9.59 Å². The average Bonchev–Trinajstić information content (AvgIpc) is 1.98. The van der Waals surface area contributed by atoms with Gasteiger partial charge < -0.3 is 4.74 Å². The van der Waals surface area contributed by atoms with E-state index in [1.807, 2.05) is 22.6 Å². The van der Waals surface area contributed by atoms with Crippen LogP contribution >= 0.6 is 22.6 Å². The lowest BCUT2D eigenvalue weighted by Crippen LogP contribution is -2.12. The molecule has 1 aliphatic rings. The Hall–Kier alpha value is -0.130. The average molecular weight is 240 g/mol. The molecule has 0 aliphatic carbocycles. The molecule has 2 atom stereocenters. The summed E-state index contributed by atoms with van der Waals surface area (Å²) in [5, 5.41) is 0. The number of carbonyl (C=O) groups excluding carboxylic acids is 2. The number of esters is 2.